The number of benzene rings is 1. The first-order chi connectivity index (χ1) is 13.4. The molecule has 2 fully saturated rings. The van der Waals surface area contributed by atoms with Gasteiger partial charge in [0.05, 0.1) is 15.7 Å². The monoisotopic (exact) mass is 425 g/mol. The Morgan fingerprint density at radius 1 is 1.11 bits per heavy atom. The number of carbonyl (C=O) groups is 1. The van der Waals surface area contributed by atoms with Crippen LogP contribution in [0.15, 0.2) is 18.2 Å². The van der Waals surface area contributed by atoms with Crippen LogP contribution in [0.4, 0.5) is 10.5 Å². The fraction of sp³-hybridized carbons (Fsp3) is 0.667. The molecule has 0 unspecified atom stereocenters. The summed E-state index contributed by atoms with van der Waals surface area (Å²) in [4.78, 5) is 18.3. The first kappa shape index (κ1) is 21.5. The van der Waals surface area contributed by atoms with E-state index in [4.69, 9.17) is 23.2 Å². The number of rotatable bonds is 5. The number of nitrogens with one attached hydrogen (secondary N) is 1. The van der Waals surface area contributed by atoms with Crippen LogP contribution in [0.3, 0.4) is 0 Å². The van der Waals surface area contributed by atoms with Crippen molar-refractivity contribution in [3.63, 3.8) is 0 Å². The van der Waals surface area contributed by atoms with E-state index < -0.39 is 0 Å². The summed E-state index contributed by atoms with van der Waals surface area (Å²) in [6, 6.07) is 6.23. The molecule has 1 N–H and O–H groups in total. The maximum Gasteiger partial charge on any atom is 0.317 e. The van der Waals surface area contributed by atoms with Crippen LogP contribution in [0.2, 0.25) is 10.0 Å². The third-order valence-corrected chi connectivity index (χ3v) is 6.89. The minimum absolute atomic E-state index is 0.0288. The second kappa shape index (κ2) is 10.0. The maximum absolute atomic E-state index is 11.8. The third-order valence-electron chi connectivity index (χ3n) is 6.08. The number of hydrogen-bond donors (Lipinski definition) is 1. The molecule has 0 radical (unpaired) electrons. The van der Waals surface area contributed by atoms with Gasteiger partial charge < -0.3 is 15.1 Å². The van der Waals surface area contributed by atoms with Gasteiger partial charge >= 0.3 is 6.03 Å². The van der Waals surface area contributed by atoms with Gasteiger partial charge in [-0.05, 0) is 56.7 Å². The van der Waals surface area contributed by atoms with Gasteiger partial charge in [-0.15, -0.1) is 0 Å². The highest BCUT2D eigenvalue weighted by Crippen LogP contribution is 2.33. The van der Waals surface area contributed by atoms with Gasteiger partial charge in [-0.1, -0.05) is 29.3 Å². The molecule has 1 saturated carbocycles. The van der Waals surface area contributed by atoms with Gasteiger partial charge in [0.1, 0.15) is 0 Å². The summed E-state index contributed by atoms with van der Waals surface area (Å²) in [5.41, 5.74) is 1.05. The van der Waals surface area contributed by atoms with Crippen LogP contribution < -0.4 is 10.2 Å². The molecule has 5 nitrogen and oxygen atoms in total. The van der Waals surface area contributed by atoms with Crippen molar-refractivity contribution in [1.82, 2.24) is 15.1 Å². The van der Waals surface area contributed by atoms with Gasteiger partial charge in [0.15, 0.2) is 0 Å². The molecule has 0 bridgehead atoms. The molecule has 1 heterocycles. The molecule has 0 spiro atoms. The van der Waals surface area contributed by atoms with E-state index in [2.05, 4.69) is 21.2 Å². The minimum Gasteiger partial charge on any atom is -0.368 e. The molecule has 0 atom stereocenters. The highest BCUT2D eigenvalue weighted by Gasteiger charge is 2.24. The fourth-order valence-corrected chi connectivity index (χ4v) is 4.63. The summed E-state index contributed by atoms with van der Waals surface area (Å²) in [5, 5.41) is 4.41. The number of nitrogens with zero attached hydrogens (tertiary/aromatic N) is 3. The lowest BCUT2D eigenvalue weighted by Crippen LogP contribution is -2.47. The summed E-state index contributed by atoms with van der Waals surface area (Å²) in [7, 11) is 3.59. The molecule has 3 rings (SSSR count). The number of amides is 2. The van der Waals surface area contributed by atoms with Crippen molar-refractivity contribution in [3.8, 4) is 0 Å². The number of halogens is 2. The first-order valence-electron chi connectivity index (χ1n) is 10.3. The van der Waals surface area contributed by atoms with Gasteiger partial charge in [0.2, 0.25) is 0 Å². The molecule has 1 aromatic carbocycles. The Morgan fingerprint density at radius 2 is 1.79 bits per heavy atom. The molecular formula is C21H32Cl2N4O. The van der Waals surface area contributed by atoms with Crippen LogP contribution in [0.5, 0.6) is 0 Å². The molecule has 7 heteroatoms. The van der Waals surface area contributed by atoms with Crippen molar-refractivity contribution in [2.75, 3.05) is 51.7 Å². The molecule has 2 aliphatic rings. The predicted octanol–water partition coefficient (Wildman–Crippen LogP) is 4.34. The minimum atomic E-state index is 0.0288. The Balaban J connectivity index is 1.36. The quantitative estimate of drug-likeness (QED) is 0.762. The Kier molecular flexibility index (Phi) is 7.72. The summed E-state index contributed by atoms with van der Waals surface area (Å²) < 4.78 is 0. The second-order valence-electron chi connectivity index (χ2n) is 8.25. The van der Waals surface area contributed by atoms with Crippen LogP contribution >= 0.6 is 23.2 Å². The van der Waals surface area contributed by atoms with E-state index in [9.17, 15) is 4.79 Å². The Hall–Kier alpha value is -1.17. The van der Waals surface area contributed by atoms with Crippen molar-refractivity contribution in [2.24, 2.45) is 5.92 Å². The van der Waals surface area contributed by atoms with Gasteiger partial charge in [-0.3, -0.25) is 4.90 Å². The molecule has 28 heavy (non-hydrogen) atoms. The largest absolute Gasteiger partial charge is 0.368 e. The lowest BCUT2D eigenvalue weighted by atomic mass is 9.84. The number of hydrogen-bond acceptors (Lipinski definition) is 3. The number of anilines is 1. The lowest BCUT2D eigenvalue weighted by molar-refractivity contribution is 0.194. The van der Waals surface area contributed by atoms with Crippen molar-refractivity contribution in [2.45, 2.75) is 38.1 Å². The van der Waals surface area contributed by atoms with Gasteiger partial charge in [-0.2, -0.15) is 0 Å². The normalized spacial score (nSPS) is 23.5. The van der Waals surface area contributed by atoms with Crippen molar-refractivity contribution >= 4 is 34.9 Å². The van der Waals surface area contributed by atoms with E-state index in [-0.39, 0.29) is 6.03 Å². The van der Waals surface area contributed by atoms with E-state index in [0.29, 0.717) is 16.1 Å². The second-order valence-corrected chi connectivity index (χ2v) is 9.04. The number of piperazine rings is 1. The van der Waals surface area contributed by atoms with Crippen molar-refractivity contribution < 1.29 is 4.79 Å². The molecule has 156 valence electrons. The topological polar surface area (TPSA) is 38.8 Å². The van der Waals surface area contributed by atoms with Crippen molar-refractivity contribution in [3.05, 3.63) is 28.2 Å². The van der Waals surface area contributed by atoms with Crippen LogP contribution in [0.1, 0.15) is 32.1 Å². The molecule has 1 aliphatic carbocycles. The van der Waals surface area contributed by atoms with Crippen molar-refractivity contribution in [1.29, 1.82) is 0 Å². The van der Waals surface area contributed by atoms with E-state index in [0.717, 1.165) is 57.2 Å². The highest BCUT2D eigenvalue weighted by atomic mass is 35.5. The predicted molar refractivity (Wildman–Crippen MR) is 118 cm³/mol. The molecule has 2 amide bonds. The fourth-order valence-electron chi connectivity index (χ4n) is 4.21. The maximum atomic E-state index is 11.8. The number of urea groups is 1. The average Bonchev–Trinajstić information content (AvgIpc) is 2.70. The SMILES string of the molecule is CN([11CH3])C(=O)NC1CCC(CCN2CCN(c3cccc(Cl)c3Cl)CC2)CC1. The van der Waals surface area contributed by atoms with Crippen LogP contribution in [0, 0.1) is 5.92 Å². The molecule has 0 aromatic heterocycles. The standard InChI is InChI=1S/C21H32Cl2N4O/c1-25(2)21(28)24-17-8-6-16(7-9-17)10-11-26-12-14-27(15-13-26)19-5-3-4-18(22)20(19)23/h3-5,16-17H,6-15H2,1-2H3,(H,24,28)/i1-1. The van der Waals surface area contributed by atoms with E-state index in [1.807, 2.05) is 12.1 Å². The zero-order chi connectivity index (χ0) is 20.1. The Labute approximate surface area is 178 Å². The van der Waals surface area contributed by atoms with Gasteiger partial charge in [-0.25, -0.2) is 4.79 Å². The van der Waals surface area contributed by atoms with Gasteiger partial charge in [0.25, 0.3) is 0 Å². The average molecular weight is 426 g/mol. The van der Waals surface area contributed by atoms with E-state index >= 15 is 0 Å². The summed E-state index contributed by atoms with van der Waals surface area (Å²) in [6.07, 6.45) is 5.90. The summed E-state index contributed by atoms with van der Waals surface area (Å²) in [6.45, 7) is 5.28. The molecule has 1 aliphatic heterocycles. The third kappa shape index (κ3) is 5.68. The molecular weight excluding hydrogens is 394 g/mol. The van der Waals surface area contributed by atoms with E-state index in [1.54, 1.807) is 19.0 Å². The first-order valence-corrected chi connectivity index (χ1v) is 11.1. The highest BCUT2D eigenvalue weighted by molar-refractivity contribution is 6.43. The molecule has 1 aromatic rings. The summed E-state index contributed by atoms with van der Waals surface area (Å²) in [5.74, 6) is 0.785. The zero-order valence-electron chi connectivity index (χ0n) is 17.0. The van der Waals surface area contributed by atoms with Crippen LogP contribution in [0.25, 0.3) is 0 Å². The Morgan fingerprint density at radius 3 is 2.43 bits per heavy atom. The van der Waals surface area contributed by atoms with Crippen LogP contribution in [-0.2, 0) is 0 Å². The number of carbonyl (C=O) groups excluding carboxylic acids is 1. The van der Waals surface area contributed by atoms with E-state index in [1.165, 1.54) is 19.3 Å². The molecule has 1 saturated heterocycles. The van der Waals surface area contributed by atoms with Gasteiger partial charge in [0, 0.05) is 46.3 Å². The summed E-state index contributed by atoms with van der Waals surface area (Å²) >= 11 is 12.5. The zero-order valence-corrected chi connectivity index (χ0v) is 18.5. The smallest absolute Gasteiger partial charge is 0.317 e. The van der Waals surface area contributed by atoms with Crippen LogP contribution in [-0.4, -0.2) is 68.7 Å². The lowest BCUT2D eigenvalue weighted by Gasteiger charge is -2.37. The Bertz CT molecular complexity index is 654.